The number of allylic oxidation sites excluding steroid dienone is 2. The molecule has 0 aromatic rings. The molecule has 0 amide bonds. The standard InChI is InChI=1S/C7H8O4S/c1-5(8)11-12-4-2-3-6(12)7(9)10/h2-4,12H,1H3,(H,9,10). The van der Waals surface area contributed by atoms with E-state index in [1.165, 1.54) is 13.0 Å². The van der Waals surface area contributed by atoms with Crippen LogP contribution in [-0.2, 0) is 13.8 Å². The van der Waals surface area contributed by atoms with Crippen molar-refractivity contribution in [2.45, 2.75) is 6.92 Å². The third-order valence-electron chi connectivity index (χ3n) is 1.16. The molecule has 4 nitrogen and oxygen atoms in total. The zero-order valence-corrected chi connectivity index (χ0v) is 7.25. The van der Waals surface area contributed by atoms with E-state index < -0.39 is 23.1 Å². The largest absolute Gasteiger partial charge is 0.477 e. The summed E-state index contributed by atoms with van der Waals surface area (Å²) < 4.78 is 4.78. The second-order valence-corrected chi connectivity index (χ2v) is 3.72. The van der Waals surface area contributed by atoms with Crippen LogP contribution in [0.1, 0.15) is 6.92 Å². The van der Waals surface area contributed by atoms with Crippen LogP contribution >= 0.6 is 11.2 Å². The van der Waals surface area contributed by atoms with Gasteiger partial charge in [-0.15, -0.1) is 0 Å². The summed E-state index contributed by atoms with van der Waals surface area (Å²) in [6.07, 6.45) is 3.02. The fourth-order valence-electron chi connectivity index (χ4n) is 0.750. The molecule has 0 saturated heterocycles. The Morgan fingerprint density at radius 3 is 2.75 bits per heavy atom. The molecule has 0 saturated carbocycles. The number of carboxylic acid groups (broad SMARTS) is 1. The maximum Gasteiger partial charge on any atom is 0.343 e. The highest BCUT2D eigenvalue weighted by atomic mass is 32.2. The van der Waals surface area contributed by atoms with Gasteiger partial charge in [0, 0.05) is 6.92 Å². The molecule has 0 aromatic carbocycles. The molecule has 1 atom stereocenters. The molecule has 0 fully saturated rings. The lowest BCUT2D eigenvalue weighted by Crippen LogP contribution is -2.02. The van der Waals surface area contributed by atoms with Gasteiger partial charge in [0.25, 0.3) is 0 Å². The summed E-state index contributed by atoms with van der Waals surface area (Å²) in [4.78, 5) is 21.2. The first-order valence-electron chi connectivity index (χ1n) is 3.21. The van der Waals surface area contributed by atoms with E-state index in [2.05, 4.69) is 0 Å². The van der Waals surface area contributed by atoms with Crippen LogP contribution in [0.15, 0.2) is 22.5 Å². The maximum atomic E-state index is 10.5. The third-order valence-corrected chi connectivity index (χ3v) is 2.87. The minimum atomic E-state index is -1.36. The molecule has 66 valence electrons. The van der Waals surface area contributed by atoms with Crippen molar-refractivity contribution < 1.29 is 18.9 Å². The van der Waals surface area contributed by atoms with Crippen LogP contribution in [0.25, 0.3) is 0 Å². The molecule has 5 heteroatoms. The van der Waals surface area contributed by atoms with Crippen molar-refractivity contribution >= 4 is 23.1 Å². The number of carbonyl (C=O) groups excluding carboxylic acids is 1. The van der Waals surface area contributed by atoms with Crippen LogP contribution in [0.2, 0.25) is 0 Å². The SMILES string of the molecule is CC(=O)O[SH]1C=CC=C1C(=O)O. The van der Waals surface area contributed by atoms with E-state index in [1.54, 1.807) is 11.5 Å². The highest BCUT2D eigenvalue weighted by Gasteiger charge is 2.19. The Balaban J connectivity index is 2.67. The van der Waals surface area contributed by atoms with Crippen LogP contribution in [0.5, 0.6) is 0 Å². The summed E-state index contributed by atoms with van der Waals surface area (Å²) in [5.74, 6) is -1.49. The molecule has 1 unspecified atom stereocenters. The molecule has 1 N–H and O–H groups in total. The monoisotopic (exact) mass is 188 g/mol. The Morgan fingerprint density at radius 2 is 2.25 bits per heavy atom. The van der Waals surface area contributed by atoms with Crippen LogP contribution in [-0.4, -0.2) is 17.0 Å². The summed E-state index contributed by atoms with van der Waals surface area (Å²) in [7, 11) is 0. The topological polar surface area (TPSA) is 63.6 Å². The van der Waals surface area contributed by atoms with Crippen molar-refractivity contribution in [1.82, 2.24) is 0 Å². The lowest BCUT2D eigenvalue weighted by atomic mass is 10.5. The Labute approximate surface area is 72.1 Å². The molecule has 1 aliphatic rings. The fourth-order valence-corrected chi connectivity index (χ4v) is 2.01. The summed E-state index contributed by atoms with van der Waals surface area (Å²) in [5, 5.41) is 10.2. The second kappa shape index (κ2) is 3.44. The van der Waals surface area contributed by atoms with Crippen molar-refractivity contribution in [2.24, 2.45) is 0 Å². The van der Waals surface area contributed by atoms with Gasteiger partial charge in [0.2, 0.25) is 0 Å². The molecular weight excluding hydrogens is 180 g/mol. The van der Waals surface area contributed by atoms with E-state index in [9.17, 15) is 9.59 Å². The van der Waals surface area contributed by atoms with Crippen molar-refractivity contribution in [3.63, 3.8) is 0 Å². The highest BCUT2D eigenvalue weighted by Crippen LogP contribution is 2.41. The Hall–Kier alpha value is -1.23. The number of hydrogen-bond donors (Lipinski definition) is 2. The van der Waals surface area contributed by atoms with Crippen molar-refractivity contribution in [3.05, 3.63) is 22.5 Å². The Kier molecular flexibility index (Phi) is 2.54. The molecule has 0 aromatic heterocycles. The summed E-state index contributed by atoms with van der Waals surface area (Å²) in [6, 6.07) is 0. The lowest BCUT2D eigenvalue weighted by molar-refractivity contribution is -0.131. The van der Waals surface area contributed by atoms with Gasteiger partial charge >= 0.3 is 11.9 Å². The first-order chi connectivity index (χ1) is 5.61. The number of aliphatic carboxylic acids is 1. The molecule has 12 heavy (non-hydrogen) atoms. The Morgan fingerprint density at radius 1 is 1.58 bits per heavy atom. The van der Waals surface area contributed by atoms with E-state index in [0.29, 0.717) is 0 Å². The molecule has 0 radical (unpaired) electrons. The van der Waals surface area contributed by atoms with Gasteiger partial charge < -0.3 is 9.29 Å². The normalized spacial score (nSPS) is 23.4. The second-order valence-electron chi connectivity index (χ2n) is 2.11. The van der Waals surface area contributed by atoms with Gasteiger partial charge in [-0.05, 0) is 22.7 Å². The van der Waals surface area contributed by atoms with E-state index in [-0.39, 0.29) is 4.91 Å². The average molecular weight is 188 g/mol. The smallest absolute Gasteiger partial charge is 0.343 e. The molecule has 0 aliphatic carbocycles. The molecule has 1 heterocycles. The minimum absolute atomic E-state index is 0.153. The third kappa shape index (κ3) is 1.88. The first-order valence-corrected chi connectivity index (χ1v) is 4.53. The van der Waals surface area contributed by atoms with E-state index >= 15 is 0 Å². The zero-order valence-electron chi connectivity index (χ0n) is 6.35. The van der Waals surface area contributed by atoms with Crippen molar-refractivity contribution in [2.75, 3.05) is 0 Å². The minimum Gasteiger partial charge on any atom is -0.477 e. The molecule has 1 rings (SSSR count). The van der Waals surface area contributed by atoms with Crippen LogP contribution in [0.3, 0.4) is 0 Å². The molecule has 0 bridgehead atoms. The summed E-state index contributed by atoms with van der Waals surface area (Å²) in [5.41, 5.74) is 0. The maximum absolute atomic E-state index is 10.5. The van der Waals surface area contributed by atoms with E-state index in [1.807, 2.05) is 0 Å². The van der Waals surface area contributed by atoms with Crippen LogP contribution in [0.4, 0.5) is 0 Å². The van der Waals surface area contributed by atoms with Gasteiger partial charge in [0.1, 0.15) is 4.91 Å². The number of carboxylic acids is 1. The summed E-state index contributed by atoms with van der Waals surface area (Å²) in [6.45, 7) is 1.26. The predicted molar refractivity (Wildman–Crippen MR) is 45.6 cm³/mol. The molecule has 0 spiro atoms. The number of carbonyl (C=O) groups is 2. The number of hydrogen-bond acceptors (Lipinski definition) is 3. The number of rotatable bonds is 2. The summed E-state index contributed by atoms with van der Waals surface area (Å²) >= 11 is -1.36. The van der Waals surface area contributed by atoms with E-state index in [0.717, 1.165) is 0 Å². The lowest BCUT2D eigenvalue weighted by Gasteiger charge is -2.13. The van der Waals surface area contributed by atoms with Gasteiger partial charge in [0.15, 0.2) is 0 Å². The average Bonchev–Trinajstić information content (AvgIpc) is 2.33. The predicted octanol–water partition coefficient (Wildman–Crippen LogP) is 0.962. The van der Waals surface area contributed by atoms with Gasteiger partial charge in [-0.2, -0.15) is 0 Å². The van der Waals surface area contributed by atoms with Crippen molar-refractivity contribution in [1.29, 1.82) is 0 Å². The zero-order chi connectivity index (χ0) is 9.14. The van der Waals surface area contributed by atoms with E-state index in [4.69, 9.17) is 9.29 Å². The van der Waals surface area contributed by atoms with Gasteiger partial charge in [0.05, 0.1) is 0 Å². The van der Waals surface area contributed by atoms with Gasteiger partial charge in [-0.3, -0.25) is 4.79 Å². The van der Waals surface area contributed by atoms with Crippen LogP contribution < -0.4 is 0 Å². The number of thiol groups is 1. The molecule has 1 aliphatic heterocycles. The molecular formula is C7H8O4S. The van der Waals surface area contributed by atoms with Crippen LogP contribution in [0, 0.1) is 0 Å². The highest BCUT2D eigenvalue weighted by molar-refractivity contribution is 8.20. The Bertz CT molecular complexity index is 279. The first kappa shape index (κ1) is 8.86. The fraction of sp³-hybridized carbons (Fsp3) is 0.143. The van der Waals surface area contributed by atoms with Gasteiger partial charge in [-0.1, -0.05) is 6.08 Å². The van der Waals surface area contributed by atoms with Crippen molar-refractivity contribution in [3.8, 4) is 0 Å². The van der Waals surface area contributed by atoms with Gasteiger partial charge in [-0.25, -0.2) is 4.79 Å². The quantitative estimate of drug-likeness (QED) is 0.633.